The van der Waals surface area contributed by atoms with Gasteiger partial charge in [-0.3, -0.25) is 4.79 Å². The van der Waals surface area contributed by atoms with Crippen LogP contribution in [0.5, 0.6) is 0 Å². The van der Waals surface area contributed by atoms with E-state index in [1.807, 2.05) is 0 Å². The van der Waals surface area contributed by atoms with Gasteiger partial charge in [-0.15, -0.1) is 0 Å². The van der Waals surface area contributed by atoms with Crippen LogP contribution in [0.1, 0.15) is 15.9 Å². The van der Waals surface area contributed by atoms with Crippen molar-refractivity contribution in [3.05, 3.63) is 34.3 Å². The fraction of sp³-hybridized carbons (Fsp3) is 0.111. The van der Waals surface area contributed by atoms with Crippen molar-refractivity contribution in [3.8, 4) is 0 Å². The normalized spacial score (nSPS) is 14.1. The third kappa shape index (κ3) is 1.70. The Balaban J connectivity index is 2.48. The highest BCUT2D eigenvalue weighted by Gasteiger charge is 2.28. The molecule has 1 aliphatic rings. The molecular weight excluding hydrogens is 228 g/mol. The average molecular weight is 232 g/mol. The summed E-state index contributed by atoms with van der Waals surface area (Å²) in [6, 6.07) is 4.47. The number of fused-ring (bicyclic) bond motifs is 1. The molecule has 1 amide bonds. The second kappa shape index (κ2) is 3.58. The fourth-order valence-corrected chi connectivity index (χ4v) is 1.55. The summed E-state index contributed by atoms with van der Waals surface area (Å²) in [7, 11) is 0. The molecule has 0 fully saturated rings. The molecule has 0 aliphatic carbocycles. The molecule has 2 rings (SSSR count). The van der Waals surface area contributed by atoms with Gasteiger partial charge in [-0.1, -0.05) is 17.7 Å². The van der Waals surface area contributed by atoms with Crippen molar-refractivity contribution in [2.75, 3.05) is 0 Å². The van der Waals surface area contributed by atoms with E-state index in [0.29, 0.717) is 0 Å². The molecule has 0 bridgehead atoms. The van der Waals surface area contributed by atoms with Crippen LogP contribution in [0, 0.1) is 0 Å². The van der Waals surface area contributed by atoms with Gasteiger partial charge in [-0.2, -0.15) is 13.8 Å². The van der Waals surface area contributed by atoms with Crippen molar-refractivity contribution in [1.82, 2.24) is 0 Å². The van der Waals surface area contributed by atoms with E-state index < -0.39 is 18.4 Å². The molecule has 0 aromatic heterocycles. The summed E-state index contributed by atoms with van der Waals surface area (Å²) in [4.78, 5) is 14.6. The van der Waals surface area contributed by atoms with E-state index in [9.17, 15) is 13.6 Å². The molecule has 1 aromatic carbocycles. The third-order valence-electron chi connectivity index (χ3n) is 1.86. The number of rotatable bonds is 1. The SMILES string of the molecule is O=C1N=C(OC(F)F)c2c(Cl)cccc21. The fourth-order valence-electron chi connectivity index (χ4n) is 1.30. The summed E-state index contributed by atoms with van der Waals surface area (Å²) in [5.74, 6) is -1.04. The molecule has 78 valence electrons. The molecule has 1 aromatic rings. The van der Waals surface area contributed by atoms with Gasteiger partial charge in [0.15, 0.2) is 0 Å². The third-order valence-corrected chi connectivity index (χ3v) is 2.18. The first-order chi connectivity index (χ1) is 7.09. The van der Waals surface area contributed by atoms with Crippen LogP contribution in [-0.2, 0) is 4.74 Å². The number of aliphatic imine (C=N–C) groups is 1. The highest BCUT2D eigenvalue weighted by molar-refractivity contribution is 6.36. The number of carbonyl (C=O) groups excluding carboxylic acids is 1. The Morgan fingerprint density at radius 3 is 2.80 bits per heavy atom. The number of alkyl halides is 2. The van der Waals surface area contributed by atoms with Crippen molar-refractivity contribution >= 4 is 23.4 Å². The number of hydrogen-bond acceptors (Lipinski definition) is 2. The maximum Gasteiger partial charge on any atom is 0.388 e. The number of amides is 1. The predicted molar refractivity (Wildman–Crippen MR) is 49.4 cm³/mol. The van der Waals surface area contributed by atoms with E-state index in [0.717, 1.165) is 0 Å². The van der Waals surface area contributed by atoms with Crippen molar-refractivity contribution < 1.29 is 18.3 Å². The zero-order valence-electron chi connectivity index (χ0n) is 7.21. The van der Waals surface area contributed by atoms with Crippen LogP contribution >= 0.6 is 11.6 Å². The van der Waals surface area contributed by atoms with Crippen LogP contribution < -0.4 is 0 Å². The molecule has 1 heterocycles. The van der Waals surface area contributed by atoms with E-state index in [4.69, 9.17) is 11.6 Å². The predicted octanol–water partition coefficient (Wildman–Crippen LogP) is 2.48. The molecule has 0 atom stereocenters. The van der Waals surface area contributed by atoms with Crippen LogP contribution in [0.3, 0.4) is 0 Å². The zero-order valence-corrected chi connectivity index (χ0v) is 7.96. The quantitative estimate of drug-likeness (QED) is 0.745. The Labute approximate surface area is 88.3 Å². The summed E-state index contributed by atoms with van der Waals surface area (Å²) in [6.07, 6.45) is 0. The summed E-state index contributed by atoms with van der Waals surface area (Å²) in [5, 5.41) is 0.165. The number of ether oxygens (including phenoxy) is 1. The monoisotopic (exact) mass is 231 g/mol. The van der Waals surface area contributed by atoms with Gasteiger partial charge in [0.2, 0.25) is 5.90 Å². The number of carbonyl (C=O) groups is 1. The second-order valence-electron chi connectivity index (χ2n) is 2.76. The molecule has 0 radical (unpaired) electrons. The maximum absolute atomic E-state index is 12.0. The molecule has 3 nitrogen and oxygen atoms in total. The van der Waals surface area contributed by atoms with E-state index in [1.165, 1.54) is 12.1 Å². The Hall–Kier alpha value is -1.49. The van der Waals surface area contributed by atoms with Gasteiger partial charge in [0.25, 0.3) is 5.91 Å². The van der Waals surface area contributed by atoms with Gasteiger partial charge in [-0.05, 0) is 12.1 Å². The van der Waals surface area contributed by atoms with Crippen LogP contribution in [0.4, 0.5) is 8.78 Å². The van der Waals surface area contributed by atoms with Crippen molar-refractivity contribution in [1.29, 1.82) is 0 Å². The average Bonchev–Trinajstić information content (AvgIpc) is 2.44. The first-order valence-corrected chi connectivity index (χ1v) is 4.34. The lowest BCUT2D eigenvalue weighted by molar-refractivity contribution is -0.0594. The van der Waals surface area contributed by atoms with Gasteiger partial charge in [0, 0.05) is 0 Å². The van der Waals surface area contributed by atoms with E-state index in [2.05, 4.69) is 9.73 Å². The van der Waals surface area contributed by atoms with E-state index in [1.54, 1.807) is 6.07 Å². The van der Waals surface area contributed by atoms with Crippen molar-refractivity contribution in [2.45, 2.75) is 6.61 Å². The number of halogens is 3. The lowest BCUT2D eigenvalue weighted by atomic mass is 10.1. The molecule has 0 unspecified atom stereocenters. The Morgan fingerprint density at radius 1 is 1.40 bits per heavy atom. The van der Waals surface area contributed by atoms with Gasteiger partial charge in [0.1, 0.15) is 0 Å². The van der Waals surface area contributed by atoms with Crippen molar-refractivity contribution in [2.24, 2.45) is 4.99 Å². The van der Waals surface area contributed by atoms with Crippen molar-refractivity contribution in [3.63, 3.8) is 0 Å². The Bertz CT molecular complexity index is 459. The first kappa shape index (κ1) is 10.0. The van der Waals surface area contributed by atoms with Gasteiger partial charge in [0.05, 0.1) is 16.1 Å². The number of hydrogen-bond donors (Lipinski definition) is 0. The summed E-state index contributed by atoms with van der Waals surface area (Å²) in [6.45, 7) is -3.03. The van der Waals surface area contributed by atoms with Crippen LogP contribution in [0.2, 0.25) is 5.02 Å². The minimum Gasteiger partial charge on any atom is -0.416 e. The minimum atomic E-state index is -3.03. The Morgan fingerprint density at radius 2 is 2.13 bits per heavy atom. The van der Waals surface area contributed by atoms with Crippen LogP contribution in [0.15, 0.2) is 23.2 Å². The standard InChI is InChI=1S/C9H4ClF2NO2/c10-5-3-1-2-4-6(5)8(13-7(4)14)15-9(11)12/h1-3,9H. The van der Waals surface area contributed by atoms with Crippen LogP contribution in [0.25, 0.3) is 0 Å². The molecule has 1 aliphatic heterocycles. The van der Waals surface area contributed by atoms with Crippen LogP contribution in [-0.4, -0.2) is 18.4 Å². The lowest BCUT2D eigenvalue weighted by Gasteiger charge is -2.05. The topological polar surface area (TPSA) is 38.7 Å². The highest BCUT2D eigenvalue weighted by atomic mass is 35.5. The number of nitrogens with zero attached hydrogens (tertiary/aromatic N) is 1. The van der Waals surface area contributed by atoms with Gasteiger partial charge < -0.3 is 4.74 Å². The summed E-state index contributed by atoms with van der Waals surface area (Å²) in [5.41, 5.74) is 0.308. The molecular formula is C9H4ClF2NO2. The molecule has 15 heavy (non-hydrogen) atoms. The molecule has 0 saturated heterocycles. The second-order valence-corrected chi connectivity index (χ2v) is 3.17. The first-order valence-electron chi connectivity index (χ1n) is 3.96. The molecule has 6 heteroatoms. The summed E-state index contributed by atoms with van der Waals surface area (Å²) >= 11 is 5.76. The Kier molecular flexibility index (Phi) is 2.40. The zero-order chi connectivity index (χ0) is 11.0. The largest absolute Gasteiger partial charge is 0.416 e. The molecule has 0 spiro atoms. The molecule has 0 N–H and O–H groups in total. The summed E-state index contributed by atoms with van der Waals surface area (Å²) < 4.78 is 28.1. The number of benzene rings is 1. The van der Waals surface area contributed by atoms with E-state index >= 15 is 0 Å². The smallest absolute Gasteiger partial charge is 0.388 e. The lowest BCUT2D eigenvalue weighted by Crippen LogP contribution is -2.09. The maximum atomic E-state index is 12.0. The van der Waals surface area contributed by atoms with Gasteiger partial charge in [-0.25, -0.2) is 0 Å². The molecule has 0 saturated carbocycles. The van der Waals surface area contributed by atoms with E-state index in [-0.39, 0.29) is 16.1 Å². The van der Waals surface area contributed by atoms with Gasteiger partial charge >= 0.3 is 6.61 Å². The minimum absolute atomic E-state index is 0.129. The highest BCUT2D eigenvalue weighted by Crippen LogP contribution is 2.27.